The Morgan fingerprint density at radius 2 is 1.93 bits per heavy atom. The Bertz CT molecular complexity index is 750. The van der Waals surface area contributed by atoms with Crippen LogP contribution in [0.4, 0.5) is 0 Å². The number of benzene rings is 1. The highest BCUT2D eigenvalue weighted by Crippen LogP contribution is 2.44. The van der Waals surface area contributed by atoms with Crippen LogP contribution in [-0.4, -0.2) is 73.2 Å². The summed E-state index contributed by atoms with van der Waals surface area (Å²) in [4.78, 5) is 24.7. The first-order valence-electron chi connectivity index (χ1n) is 9.69. The topological polar surface area (TPSA) is 110 Å². The van der Waals surface area contributed by atoms with Gasteiger partial charge in [0.25, 0.3) is 0 Å². The summed E-state index contributed by atoms with van der Waals surface area (Å²) < 4.78 is 33.7. The van der Waals surface area contributed by atoms with Crippen LogP contribution in [0.15, 0.2) is 30.3 Å². The van der Waals surface area contributed by atoms with Crippen LogP contribution < -0.4 is 0 Å². The van der Waals surface area contributed by atoms with Gasteiger partial charge in [0, 0.05) is 14.0 Å². The van der Waals surface area contributed by atoms with Gasteiger partial charge in [-0.05, 0) is 19.4 Å². The first-order valence-corrected chi connectivity index (χ1v) is 9.69. The smallest absolute Gasteiger partial charge is 0.303 e. The third kappa shape index (κ3) is 4.56. The molecular formula is C21H28O9. The van der Waals surface area contributed by atoms with Gasteiger partial charge >= 0.3 is 5.97 Å². The Morgan fingerprint density at radius 1 is 1.23 bits per heavy atom. The third-order valence-corrected chi connectivity index (χ3v) is 5.08. The van der Waals surface area contributed by atoms with Crippen LogP contribution in [0.25, 0.3) is 0 Å². The SMILES string of the molecule is COCO[C@@H]1C(=O)[C@@H](OC(C)=O)[C@H](O)[C@H](OCc2ccccc2)[C@]12COC(C)(C)O2. The van der Waals surface area contributed by atoms with E-state index in [1.165, 1.54) is 7.11 Å². The molecule has 3 rings (SSSR count). The standard InChI is InChI=1S/C21H28O9/c1-13(22)29-17-15(23)18(26-10-14-8-6-5-7-9-14)21(11-28-20(2,3)30-21)19(16(17)24)27-12-25-4/h5-9,15,17-19,23H,10-12H2,1-4H3/t15-,17-,18-,19+,21+/m0/s1. The molecule has 0 unspecified atom stereocenters. The molecule has 1 spiro atoms. The predicted molar refractivity (Wildman–Crippen MR) is 102 cm³/mol. The average Bonchev–Trinajstić information content (AvgIpc) is 3.02. The second-order valence-corrected chi connectivity index (χ2v) is 7.84. The van der Waals surface area contributed by atoms with Gasteiger partial charge in [-0.3, -0.25) is 9.59 Å². The average molecular weight is 424 g/mol. The highest BCUT2D eigenvalue weighted by molar-refractivity contribution is 5.92. The second kappa shape index (κ2) is 9.09. The monoisotopic (exact) mass is 424 g/mol. The fourth-order valence-electron chi connectivity index (χ4n) is 3.89. The van der Waals surface area contributed by atoms with Crippen molar-refractivity contribution < 1.29 is 43.1 Å². The number of methoxy groups -OCH3 is 1. The predicted octanol–water partition coefficient (Wildman–Crippen LogP) is 0.958. The summed E-state index contributed by atoms with van der Waals surface area (Å²) >= 11 is 0. The maximum absolute atomic E-state index is 13.2. The van der Waals surface area contributed by atoms with Gasteiger partial charge in [-0.2, -0.15) is 0 Å². The lowest BCUT2D eigenvalue weighted by atomic mass is 9.75. The minimum absolute atomic E-state index is 0.0660. The van der Waals surface area contributed by atoms with Crippen molar-refractivity contribution in [2.24, 2.45) is 0 Å². The van der Waals surface area contributed by atoms with Crippen LogP contribution in [0.5, 0.6) is 0 Å². The van der Waals surface area contributed by atoms with Gasteiger partial charge < -0.3 is 33.5 Å². The number of carbonyl (C=O) groups excluding carboxylic acids is 2. The summed E-state index contributed by atoms with van der Waals surface area (Å²) in [5, 5.41) is 11.0. The molecule has 166 valence electrons. The number of esters is 1. The Labute approximate surface area is 175 Å². The quantitative estimate of drug-likeness (QED) is 0.505. The van der Waals surface area contributed by atoms with Crippen molar-refractivity contribution in [2.45, 2.75) is 63.2 Å². The minimum Gasteiger partial charge on any atom is -0.452 e. The number of aliphatic hydroxyl groups excluding tert-OH is 1. The van der Waals surface area contributed by atoms with E-state index in [1.807, 2.05) is 30.3 Å². The van der Waals surface area contributed by atoms with Crippen LogP contribution in [0.3, 0.4) is 0 Å². The molecule has 0 radical (unpaired) electrons. The molecule has 9 heteroatoms. The van der Waals surface area contributed by atoms with Gasteiger partial charge in [-0.1, -0.05) is 30.3 Å². The third-order valence-electron chi connectivity index (χ3n) is 5.08. The molecule has 1 aromatic rings. The molecule has 1 heterocycles. The number of carbonyl (C=O) groups is 2. The fraction of sp³-hybridized carbons (Fsp3) is 0.619. The van der Waals surface area contributed by atoms with Crippen LogP contribution in [0, 0.1) is 0 Å². The zero-order valence-electron chi connectivity index (χ0n) is 17.5. The highest BCUT2D eigenvalue weighted by atomic mass is 16.8. The summed E-state index contributed by atoms with van der Waals surface area (Å²) in [6, 6.07) is 9.33. The molecule has 1 aromatic carbocycles. The molecule has 2 aliphatic rings. The molecule has 9 nitrogen and oxygen atoms in total. The molecule has 1 aliphatic heterocycles. The fourth-order valence-corrected chi connectivity index (χ4v) is 3.89. The van der Waals surface area contributed by atoms with Crippen LogP contribution in [0.2, 0.25) is 0 Å². The van der Waals surface area contributed by atoms with Gasteiger partial charge in [0.2, 0.25) is 5.78 Å². The number of ether oxygens (including phenoxy) is 6. The summed E-state index contributed by atoms with van der Waals surface area (Å²) in [5.41, 5.74) is -0.599. The molecule has 1 saturated carbocycles. The van der Waals surface area contributed by atoms with Crippen LogP contribution in [0.1, 0.15) is 26.3 Å². The molecule has 0 amide bonds. The normalized spacial score (nSPS) is 33.0. The summed E-state index contributed by atoms with van der Waals surface area (Å²) in [6.07, 6.45) is -5.27. The van der Waals surface area contributed by atoms with Crippen molar-refractivity contribution >= 4 is 11.8 Å². The van der Waals surface area contributed by atoms with E-state index in [9.17, 15) is 14.7 Å². The Kier molecular flexibility index (Phi) is 6.91. The summed E-state index contributed by atoms with van der Waals surface area (Å²) in [6.45, 7) is 4.40. The minimum atomic E-state index is -1.48. The van der Waals surface area contributed by atoms with Gasteiger partial charge in [-0.25, -0.2) is 0 Å². The number of hydrogen-bond acceptors (Lipinski definition) is 9. The molecular weight excluding hydrogens is 396 g/mol. The zero-order valence-corrected chi connectivity index (χ0v) is 17.5. The van der Waals surface area contributed by atoms with Crippen molar-refractivity contribution in [3.63, 3.8) is 0 Å². The summed E-state index contributed by atoms with van der Waals surface area (Å²) in [7, 11) is 1.41. The van der Waals surface area contributed by atoms with E-state index in [-0.39, 0.29) is 20.0 Å². The first-order chi connectivity index (χ1) is 14.2. The second-order valence-electron chi connectivity index (χ2n) is 7.84. The molecule has 30 heavy (non-hydrogen) atoms. The van der Waals surface area contributed by atoms with Crippen molar-refractivity contribution in [1.82, 2.24) is 0 Å². The van der Waals surface area contributed by atoms with Gasteiger partial charge in [-0.15, -0.1) is 0 Å². The van der Waals surface area contributed by atoms with Gasteiger partial charge in [0.1, 0.15) is 19.0 Å². The highest BCUT2D eigenvalue weighted by Gasteiger charge is 2.67. The van der Waals surface area contributed by atoms with Gasteiger partial charge in [0.15, 0.2) is 23.6 Å². The van der Waals surface area contributed by atoms with Crippen molar-refractivity contribution in [3.8, 4) is 0 Å². The van der Waals surface area contributed by atoms with Crippen molar-refractivity contribution in [1.29, 1.82) is 0 Å². The van der Waals surface area contributed by atoms with E-state index in [0.29, 0.717) is 0 Å². The lowest BCUT2D eigenvalue weighted by Crippen LogP contribution is -2.72. The largest absolute Gasteiger partial charge is 0.452 e. The van der Waals surface area contributed by atoms with Crippen LogP contribution >= 0.6 is 0 Å². The van der Waals surface area contributed by atoms with E-state index in [1.54, 1.807) is 13.8 Å². The Morgan fingerprint density at radius 3 is 2.50 bits per heavy atom. The van der Waals surface area contributed by atoms with Crippen LogP contribution in [-0.2, 0) is 44.6 Å². The van der Waals surface area contributed by atoms with E-state index in [4.69, 9.17) is 28.4 Å². The Hall–Kier alpha value is -1.88. The lowest BCUT2D eigenvalue weighted by molar-refractivity contribution is -0.275. The van der Waals surface area contributed by atoms with Crippen molar-refractivity contribution in [3.05, 3.63) is 35.9 Å². The molecule has 0 bridgehead atoms. The number of rotatable bonds is 7. The molecule has 1 saturated heterocycles. The number of aliphatic hydroxyl groups is 1. The zero-order chi connectivity index (χ0) is 21.9. The first kappa shape index (κ1) is 22.8. The summed E-state index contributed by atoms with van der Waals surface area (Å²) in [5.74, 6) is -2.40. The molecule has 1 aliphatic carbocycles. The molecule has 2 fully saturated rings. The maximum Gasteiger partial charge on any atom is 0.303 e. The Balaban J connectivity index is 1.97. The van der Waals surface area contributed by atoms with Gasteiger partial charge in [0.05, 0.1) is 13.2 Å². The maximum atomic E-state index is 13.2. The molecule has 1 N–H and O–H groups in total. The number of ketones is 1. The van der Waals surface area contributed by atoms with E-state index < -0.39 is 47.6 Å². The van der Waals surface area contributed by atoms with E-state index >= 15 is 0 Å². The lowest BCUT2D eigenvalue weighted by Gasteiger charge is -2.48. The van der Waals surface area contributed by atoms with Crippen molar-refractivity contribution in [2.75, 3.05) is 20.5 Å². The molecule has 5 atom stereocenters. The number of Topliss-reactive ketones (excluding diaryl/α,β-unsaturated/α-hetero) is 1. The van der Waals surface area contributed by atoms with E-state index in [2.05, 4.69) is 0 Å². The number of hydrogen-bond donors (Lipinski definition) is 1. The molecule has 0 aromatic heterocycles. The van der Waals surface area contributed by atoms with E-state index in [0.717, 1.165) is 12.5 Å².